The molecule has 1 saturated carbocycles. The lowest BCUT2D eigenvalue weighted by molar-refractivity contribution is 0.0872. The van der Waals surface area contributed by atoms with Gasteiger partial charge in [-0.25, -0.2) is 0 Å². The molecule has 0 amide bonds. The monoisotopic (exact) mass is 248 g/mol. The number of thioether (sulfide) groups is 1. The van der Waals surface area contributed by atoms with E-state index in [1.165, 1.54) is 12.8 Å². The zero-order valence-corrected chi connectivity index (χ0v) is 11.4. The zero-order valence-electron chi connectivity index (χ0n) is 10.6. The lowest BCUT2D eigenvalue weighted by Gasteiger charge is -2.25. The van der Waals surface area contributed by atoms with Crippen molar-refractivity contribution in [3.05, 3.63) is 29.8 Å². The lowest BCUT2D eigenvalue weighted by Crippen LogP contribution is -2.21. The van der Waals surface area contributed by atoms with E-state index in [0.29, 0.717) is 5.78 Å². The second-order valence-electron chi connectivity index (χ2n) is 5.02. The summed E-state index contributed by atoms with van der Waals surface area (Å²) in [5.41, 5.74) is 0.930. The zero-order chi connectivity index (χ0) is 12.3. The van der Waals surface area contributed by atoms with Gasteiger partial charge in [0, 0.05) is 16.4 Å². The molecule has 0 heterocycles. The van der Waals surface area contributed by atoms with Crippen LogP contribution in [0.4, 0.5) is 0 Å². The summed E-state index contributed by atoms with van der Waals surface area (Å²) in [6.45, 7) is 2.29. The van der Waals surface area contributed by atoms with Crippen molar-refractivity contribution in [1.82, 2.24) is 0 Å². The molecule has 1 aliphatic carbocycles. The highest BCUT2D eigenvalue weighted by Gasteiger charge is 2.26. The van der Waals surface area contributed by atoms with Crippen LogP contribution in [0, 0.1) is 11.8 Å². The van der Waals surface area contributed by atoms with Crippen LogP contribution < -0.4 is 0 Å². The Bertz CT molecular complexity index is 392. The minimum atomic E-state index is 0.263. The third kappa shape index (κ3) is 2.92. The van der Waals surface area contributed by atoms with Crippen molar-refractivity contribution in [3.8, 4) is 0 Å². The fourth-order valence-corrected chi connectivity index (χ4v) is 3.19. The number of hydrogen-bond acceptors (Lipinski definition) is 2. The van der Waals surface area contributed by atoms with Crippen molar-refractivity contribution in [2.45, 2.75) is 37.5 Å². The van der Waals surface area contributed by atoms with E-state index in [4.69, 9.17) is 0 Å². The van der Waals surface area contributed by atoms with Crippen LogP contribution in [-0.4, -0.2) is 12.0 Å². The van der Waals surface area contributed by atoms with Crippen LogP contribution in [0.15, 0.2) is 29.2 Å². The number of carbonyl (C=O) groups excluding carboxylic acids is 1. The number of hydrogen-bond donors (Lipinski definition) is 0. The molecule has 1 nitrogen and oxygen atoms in total. The molecule has 17 heavy (non-hydrogen) atoms. The van der Waals surface area contributed by atoms with Crippen molar-refractivity contribution in [2.75, 3.05) is 6.26 Å². The largest absolute Gasteiger partial charge is 0.294 e. The Morgan fingerprint density at radius 2 is 1.82 bits per heavy atom. The number of carbonyl (C=O) groups is 1. The van der Waals surface area contributed by atoms with Gasteiger partial charge in [0.15, 0.2) is 5.78 Å². The van der Waals surface area contributed by atoms with Gasteiger partial charge in [0.2, 0.25) is 0 Å². The first-order valence-electron chi connectivity index (χ1n) is 6.39. The van der Waals surface area contributed by atoms with Crippen molar-refractivity contribution < 1.29 is 4.79 Å². The molecule has 2 heteroatoms. The fraction of sp³-hybridized carbons (Fsp3) is 0.533. The normalized spacial score (nSPS) is 24.6. The van der Waals surface area contributed by atoms with Crippen molar-refractivity contribution in [1.29, 1.82) is 0 Å². The van der Waals surface area contributed by atoms with Crippen molar-refractivity contribution in [3.63, 3.8) is 0 Å². The van der Waals surface area contributed by atoms with Gasteiger partial charge in [-0.2, -0.15) is 0 Å². The summed E-state index contributed by atoms with van der Waals surface area (Å²) >= 11 is 1.67. The number of rotatable bonds is 3. The standard InChI is InChI=1S/C15H20OS/c1-11-7-9-12(10-8-11)15(16)13-5-3-4-6-14(13)17-2/h3-6,11-12H,7-10H2,1-2H3. The lowest BCUT2D eigenvalue weighted by atomic mass is 9.79. The average Bonchev–Trinajstić information content (AvgIpc) is 2.39. The number of ketones is 1. The Hall–Kier alpha value is -0.760. The van der Waals surface area contributed by atoms with E-state index >= 15 is 0 Å². The van der Waals surface area contributed by atoms with E-state index in [0.717, 1.165) is 29.2 Å². The molecule has 0 radical (unpaired) electrons. The maximum Gasteiger partial charge on any atom is 0.167 e. The first kappa shape index (κ1) is 12.7. The molecule has 0 bridgehead atoms. The highest BCUT2D eigenvalue weighted by molar-refractivity contribution is 7.98. The minimum absolute atomic E-state index is 0.263. The Labute approximate surface area is 108 Å². The van der Waals surface area contributed by atoms with E-state index < -0.39 is 0 Å². The van der Waals surface area contributed by atoms with E-state index in [1.54, 1.807) is 11.8 Å². The molecule has 1 aliphatic rings. The van der Waals surface area contributed by atoms with E-state index in [2.05, 4.69) is 6.92 Å². The maximum absolute atomic E-state index is 12.5. The Morgan fingerprint density at radius 3 is 2.47 bits per heavy atom. The first-order chi connectivity index (χ1) is 8.22. The predicted molar refractivity (Wildman–Crippen MR) is 73.7 cm³/mol. The van der Waals surface area contributed by atoms with Crippen molar-refractivity contribution in [2.24, 2.45) is 11.8 Å². The van der Waals surface area contributed by atoms with Crippen molar-refractivity contribution >= 4 is 17.5 Å². The summed E-state index contributed by atoms with van der Waals surface area (Å²) in [6.07, 6.45) is 6.59. The predicted octanol–water partition coefficient (Wildman–Crippen LogP) is 4.42. The fourth-order valence-electron chi connectivity index (χ4n) is 2.59. The maximum atomic E-state index is 12.5. The van der Waals surface area contributed by atoms with Crippen LogP contribution in [0.3, 0.4) is 0 Å². The van der Waals surface area contributed by atoms with Crippen LogP contribution >= 0.6 is 11.8 Å². The first-order valence-corrected chi connectivity index (χ1v) is 7.62. The molecular formula is C15H20OS. The molecule has 0 unspecified atom stereocenters. The van der Waals surface area contributed by atoms with Gasteiger partial charge < -0.3 is 0 Å². The smallest absolute Gasteiger partial charge is 0.167 e. The second kappa shape index (κ2) is 5.72. The molecule has 0 saturated heterocycles. The summed E-state index contributed by atoms with van der Waals surface area (Å²) in [6, 6.07) is 8.00. The summed E-state index contributed by atoms with van der Waals surface area (Å²) < 4.78 is 0. The SMILES string of the molecule is CSc1ccccc1C(=O)C1CCC(C)CC1. The number of benzene rings is 1. The molecule has 2 rings (SSSR count). The molecule has 1 aromatic carbocycles. The van der Waals surface area contributed by atoms with Crippen LogP contribution in [0.2, 0.25) is 0 Å². The highest BCUT2D eigenvalue weighted by Crippen LogP contribution is 2.32. The summed E-state index contributed by atoms with van der Waals surface area (Å²) in [4.78, 5) is 13.6. The second-order valence-corrected chi connectivity index (χ2v) is 5.87. The topological polar surface area (TPSA) is 17.1 Å². The molecule has 0 atom stereocenters. The Kier molecular flexibility index (Phi) is 4.27. The van der Waals surface area contributed by atoms with Gasteiger partial charge in [-0.3, -0.25) is 4.79 Å². The van der Waals surface area contributed by atoms with Gasteiger partial charge in [-0.05, 0) is 31.1 Å². The van der Waals surface area contributed by atoms with Gasteiger partial charge >= 0.3 is 0 Å². The van der Waals surface area contributed by atoms with E-state index in [-0.39, 0.29) is 5.92 Å². The molecule has 92 valence electrons. The summed E-state index contributed by atoms with van der Waals surface area (Å²) in [5, 5.41) is 0. The molecule has 0 aromatic heterocycles. The number of Topliss-reactive ketones (excluding diaryl/α,β-unsaturated/α-hetero) is 1. The van der Waals surface area contributed by atoms with Crippen LogP contribution in [0.5, 0.6) is 0 Å². The van der Waals surface area contributed by atoms with Gasteiger partial charge in [-0.15, -0.1) is 11.8 Å². The van der Waals surface area contributed by atoms with Crippen LogP contribution in [-0.2, 0) is 0 Å². The minimum Gasteiger partial charge on any atom is -0.294 e. The van der Waals surface area contributed by atoms with Crippen LogP contribution in [0.1, 0.15) is 43.0 Å². The van der Waals surface area contributed by atoms with Gasteiger partial charge in [-0.1, -0.05) is 38.0 Å². The molecule has 1 aromatic rings. The summed E-state index contributed by atoms with van der Waals surface area (Å²) in [7, 11) is 0. The molecule has 0 spiro atoms. The quantitative estimate of drug-likeness (QED) is 0.582. The molecule has 1 fully saturated rings. The third-order valence-electron chi connectivity index (χ3n) is 3.76. The Balaban J connectivity index is 2.14. The highest BCUT2D eigenvalue weighted by atomic mass is 32.2. The third-order valence-corrected chi connectivity index (χ3v) is 4.55. The van der Waals surface area contributed by atoms with Crippen LogP contribution in [0.25, 0.3) is 0 Å². The van der Waals surface area contributed by atoms with Gasteiger partial charge in [0.25, 0.3) is 0 Å². The average molecular weight is 248 g/mol. The molecular weight excluding hydrogens is 228 g/mol. The molecule has 0 N–H and O–H groups in total. The van der Waals surface area contributed by atoms with E-state index in [1.807, 2.05) is 30.5 Å². The Morgan fingerprint density at radius 1 is 1.18 bits per heavy atom. The molecule has 0 aliphatic heterocycles. The van der Waals surface area contributed by atoms with Gasteiger partial charge in [0.1, 0.15) is 0 Å². The summed E-state index contributed by atoms with van der Waals surface area (Å²) in [5.74, 6) is 1.43. The van der Waals surface area contributed by atoms with Gasteiger partial charge in [0.05, 0.1) is 0 Å². The van der Waals surface area contributed by atoms with E-state index in [9.17, 15) is 4.79 Å².